The summed E-state index contributed by atoms with van der Waals surface area (Å²) >= 11 is 0. The first kappa shape index (κ1) is 26.7. The number of aliphatic hydroxyl groups excluding tert-OH is 2. The fraction of sp³-hybridized carbons (Fsp3) is 0.906. The smallest absolute Gasteiger partial charge is 0.312 e. The van der Waals surface area contributed by atoms with Gasteiger partial charge in [-0.3, -0.25) is 4.79 Å². The molecular weight excluding hydrogens is 448 g/mol. The van der Waals surface area contributed by atoms with Gasteiger partial charge in [0.15, 0.2) is 0 Å². The molecular formula is C32H52O4. The van der Waals surface area contributed by atoms with E-state index in [0.29, 0.717) is 23.7 Å². The van der Waals surface area contributed by atoms with Crippen LogP contribution in [0.2, 0.25) is 0 Å². The second-order valence-corrected chi connectivity index (χ2v) is 15.0. The van der Waals surface area contributed by atoms with Gasteiger partial charge in [0, 0.05) is 0 Å². The molecule has 0 aliphatic heterocycles. The monoisotopic (exact) mass is 500 g/mol. The number of rotatable bonds is 3. The number of hydrogen-bond acceptors (Lipinski definition) is 4. The van der Waals surface area contributed by atoms with Crippen LogP contribution in [0.5, 0.6) is 0 Å². The Morgan fingerprint density at radius 1 is 0.972 bits per heavy atom. The number of esters is 1. The molecule has 0 bridgehead atoms. The number of fused-ring (bicyclic) bond motifs is 7. The predicted octanol–water partition coefficient (Wildman–Crippen LogP) is 6.54. The maximum atomic E-state index is 13.7. The fourth-order valence-electron chi connectivity index (χ4n) is 11.1. The molecule has 204 valence electrons. The summed E-state index contributed by atoms with van der Waals surface area (Å²) in [5, 5.41) is 20.3. The summed E-state index contributed by atoms with van der Waals surface area (Å²) < 4.78 is 5.70. The molecule has 2 N–H and O–H groups in total. The lowest BCUT2D eigenvalue weighted by atomic mass is 9.33. The Hall–Kier alpha value is -0.870. The Morgan fingerprint density at radius 2 is 1.69 bits per heavy atom. The lowest BCUT2D eigenvalue weighted by molar-refractivity contribution is -0.207. The van der Waals surface area contributed by atoms with E-state index in [1.165, 1.54) is 12.8 Å². The third-order valence-electron chi connectivity index (χ3n) is 13.7. The average molecular weight is 501 g/mol. The lowest BCUT2D eigenvalue weighted by Crippen LogP contribution is -2.65. The first-order valence-corrected chi connectivity index (χ1v) is 15.0. The van der Waals surface area contributed by atoms with Gasteiger partial charge in [-0.05, 0) is 109 Å². The van der Waals surface area contributed by atoms with Gasteiger partial charge in [0.1, 0.15) is 6.61 Å². The van der Waals surface area contributed by atoms with Gasteiger partial charge in [-0.2, -0.15) is 0 Å². The van der Waals surface area contributed by atoms with Crippen LogP contribution in [-0.4, -0.2) is 35.5 Å². The highest BCUT2D eigenvalue weighted by Gasteiger charge is 2.69. The normalized spacial score (nSPS) is 51.6. The van der Waals surface area contributed by atoms with E-state index in [4.69, 9.17) is 4.74 Å². The van der Waals surface area contributed by atoms with Crippen molar-refractivity contribution in [1.29, 1.82) is 0 Å². The quantitative estimate of drug-likeness (QED) is 0.341. The number of hydrogen-bond donors (Lipinski definition) is 2. The molecule has 3 unspecified atom stereocenters. The number of carbonyl (C=O) groups is 1. The minimum Gasteiger partial charge on any atom is -0.463 e. The van der Waals surface area contributed by atoms with Crippen LogP contribution in [0.1, 0.15) is 106 Å². The zero-order chi connectivity index (χ0) is 26.3. The van der Waals surface area contributed by atoms with Crippen molar-refractivity contribution in [3.05, 3.63) is 11.6 Å². The lowest BCUT2D eigenvalue weighted by Gasteiger charge is -2.71. The molecule has 4 heteroatoms. The molecule has 0 aromatic rings. The van der Waals surface area contributed by atoms with Crippen molar-refractivity contribution >= 4 is 5.97 Å². The third-order valence-corrected chi connectivity index (χ3v) is 13.7. The molecule has 0 aromatic heterocycles. The molecule has 0 aromatic carbocycles. The molecule has 0 amide bonds. The zero-order valence-corrected chi connectivity index (χ0v) is 24.0. The summed E-state index contributed by atoms with van der Waals surface area (Å²) in [7, 11) is 0. The van der Waals surface area contributed by atoms with Gasteiger partial charge in [-0.1, -0.05) is 60.1 Å². The summed E-state index contributed by atoms with van der Waals surface area (Å²) in [5.74, 6) is 2.37. The van der Waals surface area contributed by atoms with Crippen LogP contribution in [0.3, 0.4) is 0 Å². The second kappa shape index (κ2) is 8.57. The van der Waals surface area contributed by atoms with Gasteiger partial charge in [-0.25, -0.2) is 0 Å². The Balaban J connectivity index is 1.58. The molecule has 10 atom stereocenters. The van der Waals surface area contributed by atoms with Crippen molar-refractivity contribution in [2.75, 3.05) is 13.2 Å². The Morgan fingerprint density at radius 3 is 2.39 bits per heavy atom. The van der Waals surface area contributed by atoms with Gasteiger partial charge in [-0.15, -0.1) is 0 Å². The van der Waals surface area contributed by atoms with Crippen LogP contribution in [0.15, 0.2) is 11.6 Å². The molecule has 5 rings (SSSR count). The van der Waals surface area contributed by atoms with E-state index in [2.05, 4.69) is 54.5 Å². The van der Waals surface area contributed by atoms with Crippen LogP contribution in [-0.2, 0) is 9.53 Å². The van der Waals surface area contributed by atoms with Gasteiger partial charge in [0.25, 0.3) is 0 Å². The van der Waals surface area contributed by atoms with Gasteiger partial charge >= 0.3 is 5.97 Å². The van der Waals surface area contributed by atoms with E-state index < -0.39 is 5.41 Å². The van der Waals surface area contributed by atoms with Crippen molar-refractivity contribution in [3.8, 4) is 0 Å². The summed E-state index contributed by atoms with van der Waals surface area (Å²) in [5.41, 5.74) is 1.60. The maximum Gasteiger partial charge on any atom is 0.312 e. The van der Waals surface area contributed by atoms with Crippen LogP contribution >= 0.6 is 0 Å². The van der Waals surface area contributed by atoms with Gasteiger partial charge in [0.2, 0.25) is 0 Å². The molecule has 4 fully saturated rings. The van der Waals surface area contributed by atoms with Crippen LogP contribution in [0, 0.1) is 56.7 Å². The molecule has 0 saturated heterocycles. The van der Waals surface area contributed by atoms with Crippen molar-refractivity contribution < 1.29 is 19.7 Å². The number of carbonyl (C=O) groups excluding carboxylic acids is 1. The number of aliphatic hydroxyl groups is 2. The summed E-state index contributed by atoms with van der Waals surface area (Å²) in [6, 6.07) is 0. The zero-order valence-electron chi connectivity index (χ0n) is 24.0. The topological polar surface area (TPSA) is 66.8 Å². The van der Waals surface area contributed by atoms with E-state index >= 15 is 0 Å². The van der Waals surface area contributed by atoms with Gasteiger partial charge in [0.05, 0.1) is 18.1 Å². The van der Waals surface area contributed by atoms with E-state index in [1.54, 1.807) is 5.57 Å². The number of ether oxygens (including phenoxy) is 1. The Kier molecular flexibility index (Phi) is 6.36. The Labute approximate surface area is 219 Å². The standard InChI is InChI=1S/C32H52O4/c1-20-10-15-32(27(35)36-19-18-33)17-16-30(6)22(26(32)21(20)2)8-9-24-29(5)13-12-25(34)28(3,4)23(29)11-14-31(24,30)7/h8,20-21,23-26,33-34H,9-19H2,1-7H3/t20-,21+,23?,24?,25+,26?,29+,30-,31-,32+/m1/s1. The minimum absolute atomic E-state index is 0.0370. The number of allylic oxidation sites excluding steroid dienone is 2. The summed E-state index contributed by atoms with van der Waals surface area (Å²) in [4.78, 5) is 13.7. The first-order chi connectivity index (χ1) is 16.8. The molecule has 5 aliphatic rings. The fourth-order valence-corrected chi connectivity index (χ4v) is 11.1. The highest BCUT2D eigenvalue weighted by molar-refractivity contribution is 5.79. The molecule has 0 radical (unpaired) electrons. The SMILES string of the molecule is C[C@@H]1CC[C@]2(C(=O)OCCO)CC[C@]3(C)C(=CCC4[C@@]5(C)CC[C@H](O)C(C)(C)C5CC[C@]43C)C2[C@H]1C. The maximum absolute atomic E-state index is 13.7. The highest BCUT2D eigenvalue weighted by atomic mass is 16.5. The summed E-state index contributed by atoms with van der Waals surface area (Å²) in [6.07, 6.45) is 11.9. The highest BCUT2D eigenvalue weighted by Crippen LogP contribution is 2.75. The summed E-state index contributed by atoms with van der Waals surface area (Å²) in [6.45, 7) is 17.1. The van der Waals surface area contributed by atoms with Crippen LogP contribution in [0.25, 0.3) is 0 Å². The van der Waals surface area contributed by atoms with Crippen molar-refractivity contribution in [1.82, 2.24) is 0 Å². The second-order valence-electron chi connectivity index (χ2n) is 15.0. The molecule has 4 nitrogen and oxygen atoms in total. The molecule has 4 saturated carbocycles. The van der Waals surface area contributed by atoms with Crippen molar-refractivity contribution in [3.63, 3.8) is 0 Å². The van der Waals surface area contributed by atoms with Crippen LogP contribution in [0.4, 0.5) is 0 Å². The van der Waals surface area contributed by atoms with Crippen molar-refractivity contribution in [2.24, 2.45) is 56.7 Å². The van der Waals surface area contributed by atoms with Gasteiger partial charge < -0.3 is 14.9 Å². The van der Waals surface area contributed by atoms with E-state index in [9.17, 15) is 15.0 Å². The molecule has 36 heavy (non-hydrogen) atoms. The molecule has 0 spiro atoms. The largest absolute Gasteiger partial charge is 0.463 e. The first-order valence-electron chi connectivity index (χ1n) is 15.0. The Bertz CT molecular complexity index is 923. The minimum atomic E-state index is -0.437. The predicted molar refractivity (Wildman–Crippen MR) is 143 cm³/mol. The third kappa shape index (κ3) is 3.28. The van der Waals surface area contributed by atoms with Crippen LogP contribution < -0.4 is 0 Å². The van der Waals surface area contributed by atoms with E-state index in [1.807, 2.05) is 0 Å². The molecule has 0 heterocycles. The van der Waals surface area contributed by atoms with E-state index in [0.717, 1.165) is 44.9 Å². The van der Waals surface area contributed by atoms with E-state index in [-0.39, 0.29) is 52.9 Å². The molecule has 5 aliphatic carbocycles. The average Bonchev–Trinajstić information content (AvgIpc) is 2.83. The van der Waals surface area contributed by atoms with Crippen molar-refractivity contribution in [2.45, 2.75) is 112 Å².